The molecule has 0 aliphatic rings. The Morgan fingerprint density at radius 2 is 2.00 bits per heavy atom. The van der Waals surface area contributed by atoms with Crippen LogP contribution in [0.2, 0.25) is 10.2 Å². The summed E-state index contributed by atoms with van der Waals surface area (Å²) in [4.78, 5) is 28.2. The number of hydrogen-bond acceptors (Lipinski definition) is 3. The smallest absolute Gasteiger partial charge is 0.255 e. The molecule has 2 aromatic rings. The van der Waals surface area contributed by atoms with Gasteiger partial charge in [0.2, 0.25) is 5.91 Å². The molecule has 26 heavy (non-hydrogen) atoms. The van der Waals surface area contributed by atoms with Gasteiger partial charge >= 0.3 is 0 Å². The lowest BCUT2D eigenvalue weighted by Gasteiger charge is -2.14. The number of amides is 2. The van der Waals surface area contributed by atoms with Crippen molar-refractivity contribution in [2.45, 2.75) is 19.8 Å². The summed E-state index contributed by atoms with van der Waals surface area (Å²) >= 11 is 11.6. The van der Waals surface area contributed by atoms with Crippen molar-refractivity contribution in [3.05, 3.63) is 70.6 Å². The number of benzene rings is 1. The van der Waals surface area contributed by atoms with Crippen molar-refractivity contribution in [3.8, 4) is 0 Å². The Kier molecular flexibility index (Phi) is 7.18. The van der Waals surface area contributed by atoms with Crippen LogP contribution in [0, 0.1) is 5.92 Å². The fourth-order valence-corrected chi connectivity index (χ4v) is 2.46. The van der Waals surface area contributed by atoms with Gasteiger partial charge in [-0.1, -0.05) is 42.8 Å². The third-order valence-electron chi connectivity index (χ3n) is 3.70. The van der Waals surface area contributed by atoms with Crippen LogP contribution >= 0.6 is 23.2 Å². The molecular formula is C19H19Cl2N3O2. The minimum Gasteiger partial charge on any atom is -0.326 e. The molecule has 0 spiro atoms. The summed E-state index contributed by atoms with van der Waals surface area (Å²) in [5, 5.41) is 6.35. The van der Waals surface area contributed by atoms with Crippen molar-refractivity contribution < 1.29 is 9.59 Å². The molecule has 1 aromatic carbocycles. The maximum absolute atomic E-state index is 12.2. The van der Waals surface area contributed by atoms with Crippen LogP contribution in [0.5, 0.6) is 0 Å². The van der Waals surface area contributed by atoms with Gasteiger partial charge in [-0.3, -0.25) is 9.59 Å². The van der Waals surface area contributed by atoms with Gasteiger partial charge < -0.3 is 10.6 Å². The molecule has 1 heterocycles. The molecular weight excluding hydrogens is 373 g/mol. The van der Waals surface area contributed by atoms with E-state index in [1.807, 2.05) is 6.92 Å². The first-order chi connectivity index (χ1) is 12.3. The summed E-state index contributed by atoms with van der Waals surface area (Å²) in [6.45, 7) is 5.66. The number of pyridine rings is 1. The van der Waals surface area contributed by atoms with Gasteiger partial charge in [-0.2, -0.15) is 0 Å². The van der Waals surface area contributed by atoms with Crippen molar-refractivity contribution in [3.63, 3.8) is 0 Å². The molecule has 2 rings (SSSR count). The van der Waals surface area contributed by atoms with Crippen LogP contribution in [0.3, 0.4) is 0 Å². The van der Waals surface area contributed by atoms with Gasteiger partial charge in [-0.25, -0.2) is 4.98 Å². The van der Waals surface area contributed by atoms with Gasteiger partial charge in [0.15, 0.2) is 0 Å². The predicted octanol–water partition coefficient (Wildman–Crippen LogP) is 4.69. The lowest BCUT2D eigenvalue weighted by Crippen LogP contribution is -2.24. The highest BCUT2D eigenvalue weighted by Gasteiger charge is 2.14. The lowest BCUT2D eigenvalue weighted by molar-refractivity contribution is -0.119. The van der Waals surface area contributed by atoms with E-state index in [1.54, 1.807) is 36.4 Å². The molecule has 0 saturated carbocycles. The van der Waals surface area contributed by atoms with Gasteiger partial charge in [-0.15, -0.1) is 0 Å². The Hall–Kier alpha value is -2.37. The number of carbonyl (C=O) groups excluding carboxylic acids is 2. The van der Waals surface area contributed by atoms with Gasteiger partial charge in [-0.05, 0) is 43.2 Å². The molecule has 2 N–H and O–H groups in total. The molecule has 1 atom stereocenters. The number of nitrogens with one attached hydrogen (secondary N) is 2. The highest BCUT2D eigenvalue weighted by Crippen LogP contribution is 2.15. The summed E-state index contributed by atoms with van der Waals surface area (Å²) in [6, 6.07) is 9.95. The summed E-state index contributed by atoms with van der Waals surface area (Å²) in [5.41, 5.74) is 1.59. The number of halogens is 2. The number of carbonyl (C=O) groups is 2. The van der Waals surface area contributed by atoms with Crippen molar-refractivity contribution in [2.24, 2.45) is 5.92 Å². The summed E-state index contributed by atoms with van der Waals surface area (Å²) < 4.78 is 0. The van der Waals surface area contributed by atoms with Gasteiger partial charge in [0.05, 0.1) is 11.9 Å². The average molecular weight is 392 g/mol. The zero-order valence-electron chi connectivity index (χ0n) is 14.3. The quantitative estimate of drug-likeness (QED) is 0.672. The van der Waals surface area contributed by atoms with E-state index in [1.165, 1.54) is 6.20 Å². The normalized spacial score (nSPS) is 11.5. The first kappa shape index (κ1) is 19.9. The first-order valence-corrected chi connectivity index (χ1v) is 8.78. The molecule has 2 amide bonds. The van der Waals surface area contributed by atoms with E-state index in [4.69, 9.17) is 23.2 Å². The van der Waals surface area contributed by atoms with Crippen LogP contribution in [0.15, 0.2) is 54.9 Å². The number of anilines is 1. The van der Waals surface area contributed by atoms with E-state index in [9.17, 15) is 9.59 Å². The molecule has 5 nitrogen and oxygen atoms in total. The average Bonchev–Trinajstić information content (AvgIpc) is 2.61. The number of allylic oxidation sites excluding steroid dienone is 1. The standard InChI is InChI=1S/C19H19Cl2N3O2/c1-12(18(25)24-16-8-9-17(21)22-11-16)6-7-13(2)23-19(26)14-4-3-5-15(20)10-14/h3-5,8-12H,2,6-7H2,1H3,(H,23,26)(H,24,25). The van der Waals surface area contributed by atoms with Crippen LogP contribution in [0.25, 0.3) is 0 Å². The minimum absolute atomic E-state index is 0.136. The van der Waals surface area contributed by atoms with E-state index < -0.39 is 0 Å². The predicted molar refractivity (Wildman–Crippen MR) is 104 cm³/mol. The second kappa shape index (κ2) is 9.36. The van der Waals surface area contributed by atoms with E-state index >= 15 is 0 Å². The second-order valence-corrected chi connectivity index (χ2v) is 6.69. The molecule has 0 aliphatic carbocycles. The fourth-order valence-electron chi connectivity index (χ4n) is 2.16. The number of hydrogen-bond donors (Lipinski definition) is 2. The van der Waals surface area contributed by atoms with Crippen molar-refractivity contribution in [1.82, 2.24) is 10.3 Å². The Morgan fingerprint density at radius 1 is 1.23 bits per heavy atom. The van der Waals surface area contributed by atoms with Crippen LogP contribution in [0.1, 0.15) is 30.1 Å². The second-order valence-electron chi connectivity index (χ2n) is 5.87. The topological polar surface area (TPSA) is 71.1 Å². The zero-order chi connectivity index (χ0) is 19.1. The monoisotopic (exact) mass is 391 g/mol. The summed E-state index contributed by atoms with van der Waals surface area (Å²) in [6.07, 6.45) is 2.53. The van der Waals surface area contributed by atoms with Crippen molar-refractivity contribution >= 4 is 40.7 Å². The van der Waals surface area contributed by atoms with Crippen LogP contribution in [0.4, 0.5) is 5.69 Å². The van der Waals surface area contributed by atoms with Crippen LogP contribution in [-0.2, 0) is 4.79 Å². The Balaban J connectivity index is 1.79. The molecule has 0 radical (unpaired) electrons. The molecule has 1 aromatic heterocycles. The summed E-state index contributed by atoms with van der Waals surface area (Å²) in [7, 11) is 0. The maximum atomic E-state index is 12.2. The highest BCUT2D eigenvalue weighted by atomic mass is 35.5. The van der Waals surface area contributed by atoms with Crippen molar-refractivity contribution in [1.29, 1.82) is 0 Å². The SMILES string of the molecule is C=C(CCC(C)C(=O)Nc1ccc(Cl)nc1)NC(=O)c1cccc(Cl)c1. The number of aromatic nitrogens is 1. The third-order valence-corrected chi connectivity index (χ3v) is 4.16. The Labute approximate surface area is 162 Å². The molecule has 0 bridgehead atoms. The van der Waals surface area contributed by atoms with E-state index in [0.29, 0.717) is 40.0 Å². The van der Waals surface area contributed by atoms with Crippen LogP contribution in [-0.4, -0.2) is 16.8 Å². The Bertz CT molecular complexity index is 807. The molecule has 0 saturated heterocycles. The molecule has 7 heteroatoms. The molecule has 1 unspecified atom stereocenters. The Morgan fingerprint density at radius 3 is 2.65 bits per heavy atom. The largest absolute Gasteiger partial charge is 0.326 e. The van der Waals surface area contributed by atoms with Gasteiger partial charge in [0.1, 0.15) is 5.15 Å². The zero-order valence-corrected chi connectivity index (χ0v) is 15.8. The number of nitrogens with zero attached hydrogens (tertiary/aromatic N) is 1. The van der Waals surface area contributed by atoms with E-state index in [-0.39, 0.29) is 17.7 Å². The lowest BCUT2D eigenvalue weighted by atomic mass is 10.0. The van der Waals surface area contributed by atoms with E-state index in [0.717, 1.165) is 0 Å². The molecule has 136 valence electrons. The fraction of sp³-hybridized carbons (Fsp3) is 0.211. The van der Waals surface area contributed by atoms with Crippen molar-refractivity contribution in [2.75, 3.05) is 5.32 Å². The highest BCUT2D eigenvalue weighted by molar-refractivity contribution is 6.31. The third kappa shape index (κ3) is 6.17. The minimum atomic E-state index is -0.276. The first-order valence-electron chi connectivity index (χ1n) is 8.02. The molecule has 0 fully saturated rings. The summed E-state index contributed by atoms with van der Waals surface area (Å²) in [5.74, 6) is -0.671. The van der Waals surface area contributed by atoms with Gasteiger partial charge in [0.25, 0.3) is 5.91 Å². The van der Waals surface area contributed by atoms with E-state index in [2.05, 4.69) is 22.2 Å². The molecule has 0 aliphatic heterocycles. The van der Waals surface area contributed by atoms with Gasteiger partial charge in [0, 0.05) is 22.2 Å². The van der Waals surface area contributed by atoms with Crippen LogP contribution < -0.4 is 10.6 Å². The maximum Gasteiger partial charge on any atom is 0.255 e. The number of rotatable bonds is 7.